The number of anilines is 1. The fraction of sp³-hybridized carbons (Fsp3) is 0.263. The number of rotatable bonds is 7. The van der Waals surface area contributed by atoms with Gasteiger partial charge in [0.25, 0.3) is 0 Å². The van der Waals surface area contributed by atoms with Gasteiger partial charge >= 0.3 is 5.97 Å². The molecule has 6 nitrogen and oxygen atoms in total. The van der Waals surface area contributed by atoms with Crippen LogP contribution in [0.15, 0.2) is 48.5 Å². The van der Waals surface area contributed by atoms with Gasteiger partial charge in [0.15, 0.2) is 0 Å². The summed E-state index contributed by atoms with van der Waals surface area (Å²) in [7, 11) is 0. The van der Waals surface area contributed by atoms with Crippen LogP contribution in [0.4, 0.5) is 5.95 Å². The molecule has 0 spiro atoms. The molecule has 1 heterocycles. The molecule has 0 fully saturated rings. The lowest BCUT2D eigenvalue weighted by Gasteiger charge is -2.18. The van der Waals surface area contributed by atoms with Crippen LogP contribution in [0, 0.1) is 0 Å². The third-order valence-corrected chi connectivity index (χ3v) is 4.19. The van der Waals surface area contributed by atoms with E-state index in [1.165, 1.54) is 0 Å². The lowest BCUT2D eigenvalue weighted by molar-refractivity contribution is -0.137. The molecule has 1 atom stereocenters. The van der Waals surface area contributed by atoms with Crippen molar-refractivity contribution in [3.05, 3.63) is 48.5 Å². The van der Waals surface area contributed by atoms with Gasteiger partial charge in [0.2, 0.25) is 5.95 Å². The molecule has 0 saturated heterocycles. The van der Waals surface area contributed by atoms with Crippen molar-refractivity contribution in [1.29, 1.82) is 0 Å². The Kier molecular flexibility index (Phi) is 4.88. The van der Waals surface area contributed by atoms with Gasteiger partial charge in [-0.1, -0.05) is 25.1 Å². The van der Waals surface area contributed by atoms with Gasteiger partial charge in [0, 0.05) is 18.5 Å². The SMILES string of the molecule is CC[C@H](CCC(=O)O)n1c(N)nc2ccc(Oc3ccccc3)cc21. The van der Waals surface area contributed by atoms with Crippen molar-refractivity contribution in [3.63, 3.8) is 0 Å². The van der Waals surface area contributed by atoms with Gasteiger partial charge in [-0.2, -0.15) is 0 Å². The number of benzene rings is 2. The Balaban J connectivity index is 1.96. The number of aromatic nitrogens is 2. The molecule has 0 aliphatic heterocycles. The van der Waals surface area contributed by atoms with Gasteiger partial charge in [0.1, 0.15) is 11.5 Å². The average Bonchev–Trinajstić information content (AvgIpc) is 2.92. The number of carboxylic acid groups (broad SMARTS) is 1. The highest BCUT2D eigenvalue weighted by Crippen LogP contribution is 2.31. The molecular formula is C19H21N3O3. The maximum atomic E-state index is 10.9. The number of hydrogen-bond donors (Lipinski definition) is 2. The summed E-state index contributed by atoms with van der Waals surface area (Å²) in [5.41, 5.74) is 7.72. The van der Waals surface area contributed by atoms with Gasteiger partial charge in [-0.25, -0.2) is 4.98 Å². The van der Waals surface area contributed by atoms with E-state index in [0.717, 1.165) is 23.2 Å². The standard InChI is InChI=1S/C19H21N3O3/c1-2-13(8-11-18(23)24)22-17-12-15(9-10-16(17)21-19(22)20)25-14-6-4-3-5-7-14/h3-7,9-10,12-13H,2,8,11H2,1H3,(H2,20,21)(H,23,24)/t13-/m1/s1. The van der Waals surface area contributed by atoms with Gasteiger partial charge < -0.3 is 20.1 Å². The molecule has 3 rings (SSSR count). The smallest absolute Gasteiger partial charge is 0.303 e. The zero-order valence-corrected chi connectivity index (χ0v) is 14.1. The number of para-hydroxylation sites is 1. The molecule has 3 N–H and O–H groups in total. The van der Waals surface area contributed by atoms with Gasteiger partial charge in [-0.05, 0) is 37.1 Å². The minimum absolute atomic E-state index is 0.0203. The normalized spacial score (nSPS) is 12.2. The molecule has 6 heteroatoms. The predicted molar refractivity (Wildman–Crippen MR) is 96.9 cm³/mol. The third-order valence-electron chi connectivity index (χ3n) is 4.19. The van der Waals surface area contributed by atoms with E-state index in [2.05, 4.69) is 4.98 Å². The highest BCUT2D eigenvalue weighted by atomic mass is 16.5. The monoisotopic (exact) mass is 339 g/mol. The van der Waals surface area contributed by atoms with Crippen molar-refractivity contribution in [1.82, 2.24) is 9.55 Å². The summed E-state index contributed by atoms with van der Waals surface area (Å²) in [4.78, 5) is 15.3. The molecule has 1 aromatic heterocycles. The number of fused-ring (bicyclic) bond motifs is 1. The van der Waals surface area contributed by atoms with E-state index in [-0.39, 0.29) is 12.5 Å². The van der Waals surface area contributed by atoms with Crippen LogP contribution in [-0.2, 0) is 4.79 Å². The van der Waals surface area contributed by atoms with E-state index >= 15 is 0 Å². The molecular weight excluding hydrogens is 318 g/mol. The maximum Gasteiger partial charge on any atom is 0.303 e. The van der Waals surface area contributed by atoms with Crippen molar-refractivity contribution in [2.45, 2.75) is 32.2 Å². The van der Waals surface area contributed by atoms with Crippen LogP contribution in [0.1, 0.15) is 32.2 Å². The van der Waals surface area contributed by atoms with Gasteiger partial charge in [-0.15, -0.1) is 0 Å². The molecule has 0 bridgehead atoms. The Hall–Kier alpha value is -3.02. The average molecular weight is 339 g/mol. The van der Waals surface area contributed by atoms with Crippen LogP contribution in [0.2, 0.25) is 0 Å². The molecule has 0 saturated carbocycles. The first-order valence-corrected chi connectivity index (χ1v) is 8.30. The summed E-state index contributed by atoms with van der Waals surface area (Å²) in [5.74, 6) is 1.02. The van der Waals surface area contributed by atoms with Crippen LogP contribution >= 0.6 is 0 Å². The van der Waals surface area contributed by atoms with Crippen LogP contribution < -0.4 is 10.5 Å². The number of aliphatic carboxylic acids is 1. The minimum atomic E-state index is -0.811. The fourth-order valence-corrected chi connectivity index (χ4v) is 2.97. The van der Waals surface area contributed by atoms with Crippen molar-refractivity contribution >= 4 is 23.0 Å². The second kappa shape index (κ2) is 7.25. The van der Waals surface area contributed by atoms with Gasteiger partial charge in [0.05, 0.1) is 11.0 Å². The zero-order valence-electron chi connectivity index (χ0n) is 14.1. The van der Waals surface area contributed by atoms with E-state index in [0.29, 0.717) is 18.1 Å². The van der Waals surface area contributed by atoms with E-state index in [9.17, 15) is 4.79 Å². The molecule has 0 unspecified atom stereocenters. The molecule has 3 aromatic rings. The Morgan fingerprint density at radius 1 is 1.24 bits per heavy atom. The van der Waals surface area contributed by atoms with Crippen molar-refractivity contribution in [2.75, 3.05) is 5.73 Å². The first kappa shape index (κ1) is 16.8. The third kappa shape index (κ3) is 3.74. The van der Waals surface area contributed by atoms with Crippen LogP contribution in [0.5, 0.6) is 11.5 Å². The lowest BCUT2D eigenvalue weighted by Crippen LogP contribution is -2.13. The first-order valence-electron chi connectivity index (χ1n) is 8.30. The number of carboxylic acids is 1. The number of nitrogen functional groups attached to an aromatic ring is 1. The summed E-state index contributed by atoms with van der Waals surface area (Å²) in [6.07, 6.45) is 1.37. The lowest BCUT2D eigenvalue weighted by atomic mass is 10.1. The highest BCUT2D eigenvalue weighted by Gasteiger charge is 2.18. The highest BCUT2D eigenvalue weighted by molar-refractivity contribution is 5.80. The zero-order chi connectivity index (χ0) is 17.8. The summed E-state index contributed by atoms with van der Waals surface area (Å²) in [5, 5.41) is 8.97. The Morgan fingerprint density at radius 2 is 2.00 bits per heavy atom. The minimum Gasteiger partial charge on any atom is -0.481 e. The van der Waals surface area contributed by atoms with Crippen LogP contribution in [0.3, 0.4) is 0 Å². The molecule has 130 valence electrons. The largest absolute Gasteiger partial charge is 0.481 e. The second-order valence-electron chi connectivity index (χ2n) is 5.90. The van der Waals surface area contributed by atoms with Crippen molar-refractivity contribution in [3.8, 4) is 11.5 Å². The topological polar surface area (TPSA) is 90.4 Å². The number of nitrogens with two attached hydrogens (primary N) is 1. The quantitative estimate of drug-likeness (QED) is 0.672. The summed E-state index contributed by atoms with van der Waals surface area (Å²) >= 11 is 0. The Labute approximate surface area is 145 Å². The number of imidazole rings is 1. The molecule has 0 amide bonds. The molecule has 2 aromatic carbocycles. The summed E-state index contributed by atoms with van der Waals surface area (Å²) in [6, 6.07) is 15.1. The predicted octanol–water partition coefficient (Wildman–Crippen LogP) is 4.23. The van der Waals surface area contributed by atoms with Crippen LogP contribution in [0.25, 0.3) is 11.0 Å². The van der Waals surface area contributed by atoms with E-state index in [4.69, 9.17) is 15.6 Å². The molecule has 0 aliphatic carbocycles. The van der Waals surface area contributed by atoms with Crippen LogP contribution in [-0.4, -0.2) is 20.6 Å². The van der Waals surface area contributed by atoms with Crippen molar-refractivity contribution in [2.24, 2.45) is 0 Å². The van der Waals surface area contributed by atoms with Crippen molar-refractivity contribution < 1.29 is 14.6 Å². The Bertz CT molecular complexity index is 874. The van der Waals surface area contributed by atoms with E-state index in [1.54, 1.807) is 0 Å². The molecule has 0 radical (unpaired) electrons. The number of carbonyl (C=O) groups is 1. The number of ether oxygens (including phenoxy) is 1. The van der Waals surface area contributed by atoms with E-state index in [1.807, 2.05) is 60.0 Å². The first-order chi connectivity index (χ1) is 12.1. The maximum absolute atomic E-state index is 10.9. The fourth-order valence-electron chi connectivity index (χ4n) is 2.97. The number of hydrogen-bond acceptors (Lipinski definition) is 4. The Morgan fingerprint density at radius 3 is 2.68 bits per heavy atom. The summed E-state index contributed by atoms with van der Waals surface area (Å²) < 4.78 is 7.80. The molecule has 25 heavy (non-hydrogen) atoms. The van der Waals surface area contributed by atoms with Gasteiger partial charge in [-0.3, -0.25) is 4.79 Å². The summed E-state index contributed by atoms with van der Waals surface area (Å²) in [6.45, 7) is 2.02. The number of nitrogens with zero attached hydrogens (tertiary/aromatic N) is 2. The second-order valence-corrected chi connectivity index (χ2v) is 5.90. The molecule has 0 aliphatic rings. The van der Waals surface area contributed by atoms with E-state index < -0.39 is 5.97 Å².